The van der Waals surface area contributed by atoms with E-state index < -0.39 is 23.5 Å². The van der Waals surface area contributed by atoms with Gasteiger partial charge >= 0.3 is 5.97 Å². The van der Waals surface area contributed by atoms with Crippen LogP contribution in [0.15, 0.2) is 35.8 Å². The molecule has 6 bridgehead atoms. The van der Waals surface area contributed by atoms with E-state index in [2.05, 4.69) is 77.2 Å². The number of rotatable bonds is 8. The Bertz CT molecular complexity index is 2210. The predicted octanol–water partition coefficient (Wildman–Crippen LogP) is 4.58. The van der Waals surface area contributed by atoms with Gasteiger partial charge in [0.2, 0.25) is 5.91 Å². The summed E-state index contributed by atoms with van der Waals surface area (Å²) in [5.74, 6) is -1.42. The second-order valence-electron chi connectivity index (χ2n) is 17.5. The number of thiazole rings is 1. The zero-order chi connectivity index (χ0) is 41.6. The van der Waals surface area contributed by atoms with Crippen molar-refractivity contribution >= 4 is 45.7 Å². The van der Waals surface area contributed by atoms with Crippen LogP contribution >= 0.6 is 11.3 Å². The third-order valence-electron chi connectivity index (χ3n) is 12.6. The number of nitrogens with zero attached hydrogens (tertiary/aromatic N) is 6. The molecule has 14 nitrogen and oxygen atoms in total. The maximum absolute atomic E-state index is 14.1. The Morgan fingerprint density at radius 1 is 1.17 bits per heavy atom. The third-order valence-corrected chi connectivity index (χ3v) is 13.5. The molecule has 0 radical (unpaired) electrons. The number of ether oxygens (including phenoxy) is 2. The molecule has 15 heteroatoms. The molecule has 4 aliphatic rings. The number of piperazine rings is 1. The van der Waals surface area contributed by atoms with Crippen molar-refractivity contribution < 1.29 is 29.0 Å². The zero-order valence-electron chi connectivity index (χ0n) is 35.1. The van der Waals surface area contributed by atoms with Crippen molar-refractivity contribution in [2.75, 3.05) is 65.0 Å². The Morgan fingerprint density at radius 2 is 1.97 bits per heavy atom. The molecule has 4 aromatic rings. The van der Waals surface area contributed by atoms with Gasteiger partial charge in [0.15, 0.2) is 0 Å². The van der Waals surface area contributed by atoms with E-state index in [9.17, 15) is 19.5 Å². The fourth-order valence-corrected chi connectivity index (χ4v) is 9.74. The van der Waals surface area contributed by atoms with Gasteiger partial charge in [0, 0.05) is 98.1 Å². The predicted molar refractivity (Wildman–Crippen MR) is 228 cm³/mol. The van der Waals surface area contributed by atoms with Gasteiger partial charge < -0.3 is 34.3 Å². The Kier molecular flexibility index (Phi) is 11.9. The molecule has 3 aliphatic heterocycles. The first-order valence-electron chi connectivity index (χ1n) is 21.1. The fourth-order valence-electron chi connectivity index (χ4n) is 8.89. The standard InChI is InChI=1S/C44H58N8O6S/c1-7-51-37-11-10-27-17-31(37)33(40(51)32-19-29(22-45-39(32)26(2)57-6)50-15-13-49(5)14-16-50)21-44(3,4)25-58-43(56)34-9-8-12-52(48-34)42(55)35(20-38-46-36(27)24-59-38)47-41(54)30-18-28(30)23-53/h10-11,17,19,22,24,26,28,30,34-35,48,53H,7-9,12-16,18,20-21,23,25H2,1-6H3,(H,47,54)/t26-,28+,30-,34-,35-/m0/s1. The lowest BCUT2D eigenvalue weighted by Crippen LogP contribution is -2.60. The number of esters is 1. The summed E-state index contributed by atoms with van der Waals surface area (Å²) >= 11 is 1.46. The van der Waals surface area contributed by atoms with E-state index in [4.69, 9.17) is 19.4 Å². The van der Waals surface area contributed by atoms with Gasteiger partial charge in [-0.1, -0.05) is 19.9 Å². The minimum absolute atomic E-state index is 0.0661. The van der Waals surface area contributed by atoms with Crippen LogP contribution in [0.25, 0.3) is 33.4 Å². The number of amides is 2. The van der Waals surface area contributed by atoms with Gasteiger partial charge in [-0.2, -0.15) is 0 Å². The summed E-state index contributed by atoms with van der Waals surface area (Å²) in [6.07, 6.45) is 4.22. The second-order valence-corrected chi connectivity index (χ2v) is 18.5. The summed E-state index contributed by atoms with van der Waals surface area (Å²) in [5, 5.41) is 17.9. The van der Waals surface area contributed by atoms with Crippen molar-refractivity contribution in [1.29, 1.82) is 0 Å². The smallest absolute Gasteiger partial charge is 0.324 e. The maximum atomic E-state index is 14.1. The Morgan fingerprint density at radius 3 is 2.69 bits per heavy atom. The topological polar surface area (TPSA) is 154 Å². The van der Waals surface area contributed by atoms with Crippen LogP contribution in [-0.2, 0) is 43.2 Å². The van der Waals surface area contributed by atoms with Crippen LogP contribution in [0, 0.1) is 17.3 Å². The highest BCUT2D eigenvalue weighted by molar-refractivity contribution is 7.10. The van der Waals surface area contributed by atoms with Crippen molar-refractivity contribution in [1.82, 2.24) is 35.2 Å². The second kappa shape index (κ2) is 16.9. The van der Waals surface area contributed by atoms with Gasteiger partial charge in [-0.15, -0.1) is 11.3 Å². The number of hydrogen-bond acceptors (Lipinski definition) is 12. The van der Waals surface area contributed by atoms with Crippen LogP contribution < -0.4 is 15.6 Å². The monoisotopic (exact) mass is 826 g/mol. The number of benzene rings is 1. The molecule has 5 atom stereocenters. The van der Waals surface area contributed by atoms with E-state index in [1.165, 1.54) is 16.3 Å². The molecule has 3 fully saturated rings. The highest BCUT2D eigenvalue weighted by Crippen LogP contribution is 2.43. The van der Waals surface area contributed by atoms with Gasteiger partial charge in [-0.25, -0.2) is 10.4 Å². The Balaban J connectivity index is 1.25. The first kappa shape index (κ1) is 41.3. The molecule has 1 aliphatic carbocycles. The number of hydrogen-bond donors (Lipinski definition) is 3. The molecule has 3 N–H and O–H groups in total. The molecule has 1 saturated carbocycles. The molecule has 0 spiro atoms. The van der Waals surface area contributed by atoms with Crippen molar-refractivity contribution in [3.63, 3.8) is 0 Å². The molecule has 8 rings (SSSR count). The molecule has 2 saturated heterocycles. The number of fused-ring (bicyclic) bond motifs is 6. The lowest BCUT2D eigenvalue weighted by Gasteiger charge is -2.35. The molecule has 3 aromatic heterocycles. The van der Waals surface area contributed by atoms with E-state index in [1.807, 2.05) is 18.5 Å². The Labute approximate surface area is 350 Å². The van der Waals surface area contributed by atoms with Gasteiger partial charge in [-0.05, 0) is 76.3 Å². The van der Waals surface area contributed by atoms with E-state index in [0.29, 0.717) is 43.8 Å². The summed E-state index contributed by atoms with van der Waals surface area (Å²) in [6.45, 7) is 13.5. The number of cyclic esters (lactones) is 1. The molecule has 6 heterocycles. The van der Waals surface area contributed by atoms with Crippen LogP contribution in [-0.4, -0.2) is 120 Å². The van der Waals surface area contributed by atoms with Crippen LogP contribution in [0.1, 0.15) is 69.3 Å². The number of aromatic nitrogens is 3. The van der Waals surface area contributed by atoms with Crippen molar-refractivity contribution in [2.45, 2.75) is 84.5 Å². The largest absolute Gasteiger partial charge is 0.464 e. The fraction of sp³-hybridized carbons (Fsp3) is 0.568. The minimum Gasteiger partial charge on any atom is -0.464 e. The summed E-state index contributed by atoms with van der Waals surface area (Å²) < 4.78 is 14.5. The zero-order valence-corrected chi connectivity index (χ0v) is 35.9. The van der Waals surface area contributed by atoms with Crippen molar-refractivity contribution in [3.8, 4) is 22.5 Å². The number of aryl methyl sites for hydroxylation is 1. The first-order valence-corrected chi connectivity index (χ1v) is 22.0. The molecular formula is C44H58N8O6S. The number of anilines is 1. The van der Waals surface area contributed by atoms with E-state index in [-0.39, 0.29) is 49.4 Å². The number of nitrogens with one attached hydrogen (secondary N) is 2. The SMILES string of the molecule is CCn1c(-c2cc(N3CCN(C)CC3)cnc2[C@H](C)OC)c2c3cc(ccc31)-c1csc(n1)C[C@H](NC(=O)[C@H]1C[C@@H]1CO)C(=O)N1CCC[C@H](N1)C(=O)OCC(C)(C)C2. The Hall–Kier alpha value is -4.41. The van der Waals surface area contributed by atoms with Gasteiger partial charge in [-0.3, -0.25) is 24.4 Å². The number of hydrazine groups is 1. The number of carbonyl (C=O) groups excluding carboxylic acids is 3. The quantitative estimate of drug-likeness (QED) is 0.214. The number of carbonyl (C=O) groups is 3. The van der Waals surface area contributed by atoms with Crippen LogP contribution in [0.4, 0.5) is 5.69 Å². The van der Waals surface area contributed by atoms with Crippen LogP contribution in [0.2, 0.25) is 0 Å². The molecule has 2 amide bonds. The third kappa shape index (κ3) is 8.49. The summed E-state index contributed by atoms with van der Waals surface area (Å²) in [5.41, 5.74) is 10.7. The number of aliphatic hydroxyl groups excluding tert-OH is 1. The minimum atomic E-state index is -0.907. The van der Waals surface area contributed by atoms with Gasteiger partial charge in [0.05, 0.1) is 46.7 Å². The number of methoxy groups -OCH3 is 1. The number of aliphatic hydroxyl groups is 1. The van der Waals surface area contributed by atoms with E-state index in [1.54, 1.807) is 7.11 Å². The molecule has 316 valence electrons. The van der Waals surface area contributed by atoms with Crippen LogP contribution in [0.3, 0.4) is 0 Å². The van der Waals surface area contributed by atoms with Crippen molar-refractivity contribution in [2.24, 2.45) is 17.3 Å². The maximum Gasteiger partial charge on any atom is 0.324 e. The number of pyridine rings is 1. The summed E-state index contributed by atoms with van der Waals surface area (Å²) in [6, 6.07) is 7.16. The summed E-state index contributed by atoms with van der Waals surface area (Å²) in [7, 11) is 3.88. The van der Waals surface area contributed by atoms with Crippen LogP contribution in [0.5, 0.6) is 0 Å². The highest BCUT2D eigenvalue weighted by Gasteiger charge is 2.44. The molecule has 0 unspecified atom stereocenters. The first-order chi connectivity index (χ1) is 28.4. The molecular weight excluding hydrogens is 769 g/mol. The average molecular weight is 827 g/mol. The van der Waals surface area contributed by atoms with E-state index in [0.717, 1.165) is 76.5 Å². The van der Waals surface area contributed by atoms with E-state index >= 15 is 0 Å². The molecule has 1 aromatic carbocycles. The highest BCUT2D eigenvalue weighted by atomic mass is 32.1. The van der Waals surface area contributed by atoms with Crippen molar-refractivity contribution in [3.05, 3.63) is 52.1 Å². The lowest BCUT2D eigenvalue weighted by molar-refractivity contribution is -0.155. The lowest BCUT2D eigenvalue weighted by atomic mass is 9.84. The van der Waals surface area contributed by atoms with Gasteiger partial charge in [0.1, 0.15) is 12.1 Å². The van der Waals surface area contributed by atoms with Gasteiger partial charge in [0.25, 0.3) is 5.91 Å². The normalized spacial score (nSPS) is 24.5. The number of likely N-dealkylation sites (N-methyl/N-ethyl adjacent to an activating group) is 1. The average Bonchev–Trinajstić information content (AvgIpc) is 3.80. The molecule has 59 heavy (non-hydrogen) atoms. The summed E-state index contributed by atoms with van der Waals surface area (Å²) in [4.78, 5) is 56.2.